The summed E-state index contributed by atoms with van der Waals surface area (Å²) >= 11 is 3.37. The van der Waals surface area contributed by atoms with Crippen molar-refractivity contribution in [3.05, 3.63) is 33.8 Å². The second kappa shape index (κ2) is 4.37. The van der Waals surface area contributed by atoms with Crippen molar-refractivity contribution in [3.63, 3.8) is 0 Å². The van der Waals surface area contributed by atoms with Gasteiger partial charge in [-0.05, 0) is 17.7 Å². The molecule has 1 aliphatic carbocycles. The molecule has 0 heterocycles. The number of ether oxygens (including phenoxy) is 1. The van der Waals surface area contributed by atoms with Crippen molar-refractivity contribution in [2.75, 3.05) is 7.11 Å². The zero-order valence-electron chi connectivity index (χ0n) is 8.83. The maximum atomic E-state index is 11.7. The quantitative estimate of drug-likeness (QED) is 0.784. The summed E-state index contributed by atoms with van der Waals surface area (Å²) in [6.07, 6.45) is 0.673. The summed E-state index contributed by atoms with van der Waals surface area (Å²) in [6.45, 7) is 0. The molecule has 1 aromatic rings. The predicted octanol–water partition coefficient (Wildman–Crippen LogP) is 2.68. The Balaban J connectivity index is 2.30. The first-order chi connectivity index (χ1) is 7.61. The van der Waals surface area contributed by atoms with E-state index < -0.39 is 0 Å². The lowest BCUT2D eigenvalue weighted by Crippen LogP contribution is -2.06. The number of hydrogen-bond acceptors (Lipinski definition) is 3. The zero-order chi connectivity index (χ0) is 11.7. The van der Waals surface area contributed by atoms with Crippen molar-refractivity contribution in [1.29, 1.82) is 0 Å². The Kier molecular flexibility index (Phi) is 3.10. The van der Waals surface area contributed by atoms with Crippen LogP contribution in [0.2, 0.25) is 0 Å². The highest BCUT2D eigenvalue weighted by molar-refractivity contribution is 9.10. The molecule has 0 fully saturated rings. The monoisotopic (exact) mass is 282 g/mol. The molecule has 0 radical (unpaired) electrons. The molecule has 0 aromatic heterocycles. The highest BCUT2D eigenvalue weighted by Gasteiger charge is 2.31. The standard InChI is InChI=1S/C12H11BrO3/c1-16-12(15)5-7-4-11(14)9-3-2-8(13)6-10(7)9/h2-3,6-7H,4-5H2,1H3. The van der Waals surface area contributed by atoms with E-state index in [0.29, 0.717) is 6.42 Å². The number of esters is 1. The van der Waals surface area contributed by atoms with Crippen LogP contribution in [0, 0.1) is 0 Å². The van der Waals surface area contributed by atoms with Gasteiger partial charge in [-0.3, -0.25) is 9.59 Å². The highest BCUT2D eigenvalue weighted by atomic mass is 79.9. The third-order valence-corrected chi connectivity index (χ3v) is 3.32. The number of methoxy groups -OCH3 is 1. The van der Waals surface area contributed by atoms with Gasteiger partial charge in [0.05, 0.1) is 13.5 Å². The number of fused-ring (bicyclic) bond motifs is 1. The number of carbonyl (C=O) groups is 2. The first kappa shape index (κ1) is 11.3. The summed E-state index contributed by atoms with van der Waals surface area (Å²) in [7, 11) is 1.36. The largest absolute Gasteiger partial charge is 0.469 e. The van der Waals surface area contributed by atoms with E-state index in [2.05, 4.69) is 20.7 Å². The summed E-state index contributed by atoms with van der Waals surface area (Å²) in [4.78, 5) is 22.9. The molecule has 0 aliphatic heterocycles. The van der Waals surface area contributed by atoms with Crippen LogP contribution in [0.4, 0.5) is 0 Å². The second-order valence-electron chi connectivity index (χ2n) is 3.84. The van der Waals surface area contributed by atoms with E-state index in [1.54, 1.807) is 6.07 Å². The van der Waals surface area contributed by atoms with E-state index in [4.69, 9.17) is 0 Å². The number of ketones is 1. The topological polar surface area (TPSA) is 43.4 Å². The van der Waals surface area contributed by atoms with Crippen LogP contribution in [0.15, 0.2) is 22.7 Å². The number of Topliss-reactive ketones (excluding diaryl/α,β-unsaturated/α-hetero) is 1. The molecule has 3 nitrogen and oxygen atoms in total. The summed E-state index contributed by atoms with van der Waals surface area (Å²) in [5, 5.41) is 0. The Morgan fingerprint density at radius 3 is 3.00 bits per heavy atom. The normalized spacial score (nSPS) is 18.4. The van der Waals surface area contributed by atoms with Crippen molar-refractivity contribution in [2.45, 2.75) is 18.8 Å². The number of rotatable bonds is 2. The molecule has 1 aromatic carbocycles. The van der Waals surface area contributed by atoms with Crippen molar-refractivity contribution in [3.8, 4) is 0 Å². The minimum absolute atomic E-state index is 0.0348. The van der Waals surface area contributed by atoms with Gasteiger partial charge < -0.3 is 4.74 Å². The number of carbonyl (C=O) groups excluding carboxylic acids is 2. The first-order valence-corrected chi connectivity index (χ1v) is 5.80. The zero-order valence-corrected chi connectivity index (χ0v) is 10.4. The number of hydrogen-bond donors (Lipinski definition) is 0. The Morgan fingerprint density at radius 2 is 2.31 bits per heavy atom. The summed E-state index contributed by atoms with van der Waals surface area (Å²) in [5.41, 5.74) is 1.68. The summed E-state index contributed by atoms with van der Waals surface area (Å²) in [6, 6.07) is 5.56. The summed E-state index contributed by atoms with van der Waals surface area (Å²) < 4.78 is 5.56. The first-order valence-electron chi connectivity index (χ1n) is 5.01. The molecule has 16 heavy (non-hydrogen) atoms. The van der Waals surface area contributed by atoms with Crippen molar-refractivity contribution >= 4 is 27.7 Å². The molecule has 0 saturated carbocycles. The Hall–Kier alpha value is -1.16. The fraction of sp³-hybridized carbons (Fsp3) is 0.333. The van der Waals surface area contributed by atoms with E-state index in [1.165, 1.54) is 7.11 Å². The lowest BCUT2D eigenvalue weighted by atomic mass is 9.98. The van der Waals surface area contributed by atoms with Gasteiger partial charge in [0.15, 0.2) is 5.78 Å². The van der Waals surface area contributed by atoms with Gasteiger partial charge in [0.2, 0.25) is 0 Å². The van der Waals surface area contributed by atoms with Gasteiger partial charge in [-0.1, -0.05) is 22.0 Å². The minimum atomic E-state index is -0.273. The molecule has 0 bridgehead atoms. The molecule has 0 spiro atoms. The Labute approximate surface area is 102 Å². The lowest BCUT2D eigenvalue weighted by Gasteiger charge is -2.08. The average molecular weight is 283 g/mol. The van der Waals surface area contributed by atoms with E-state index in [1.807, 2.05) is 12.1 Å². The fourth-order valence-electron chi connectivity index (χ4n) is 2.04. The summed E-state index contributed by atoms with van der Waals surface area (Å²) in [5.74, 6) is -0.200. The third kappa shape index (κ3) is 2.02. The molecule has 0 N–H and O–H groups in total. The van der Waals surface area contributed by atoms with Crippen LogP contribution >= 0.6 is 15.9 Å². The lowest BCUT2D eigenvalue weighted by molar-refractivity contribution is -0.141. The molecule has 0 saturated heterocycles. The molecule has 4 heteroatoms. The van der Waals surface area contributed by atoms with Crippen LogP contribution in [0.3, 0.4) is 0 Å². The second-order valence-corrected chi connectivity index (χ2v) is 4.75. The van der Waals surface area contributed by atoms with E-state index in [0.717, 1.165) is 15.6 Å². The van der Waals surface area contributed by atoms with Gasteiger partial charge in [-0.25, -0.2) is 0 Å². The minimum Gasteiger partial charge on any atom is -0.469 e. The SMILES string of the molecule is COC(=O)CC1CC(=O)c2ccc(Br)cc21. The molecular weight excluding hydrogens is 272 g/mol. The molecule has 1 aliphatic rings. The number of benzene rings is 1. The maximum Gasteiger partial charge on any atom is 0.306 e. The van der Waals surface area contributed by atoms with Crippen LogP contribution in [-0.4, -0.2) is 18.9 Å². The predicted molar refractivity (Wildman–Crippen MR) is 62.5 cm³/mol. The Bertz CT molecular complexity index is 454. The number of halogens is 1. The van der Waals surface area contributed by atoms with Crippen LogP contribution < -0.4 is 0 Å². The molecule has 2 rings (SSSR count). The van der Waals surface area contributed by atoms with E-state index >= 15 is 0 Å². The third-order valence-electron chi connectivity index (χ3n) is 2.83. The van der Waals surface area contributed by atoms with E-state index in [9.17, 15) is 9.59 Å². The van der Waals surface area contributed by atoms with Crippen LogP contribution in [-0.2, 0) is 9.53 Å². The molecule has 0 amide bonds. The van der Waals surface area contributed by atoms with Crippen LogP contribution in [0.25, 0.3) is 0 Å². The molecule has 1 unspecified atom stereocenters. The highest BCUT2D eigenvalue weighted by Crippen LogP contribution is 2.37. The van der Waals surface area contributed by atoms with Crippen molar-refractivity contribution < 1.29 is 14.3 Å². The van der Waals surface area contributed by atoms with Crippen LogP contribution in [0.1, 0.15) is 34.7 Å². The van der Waals surface area contributed by atoms with Gasteiger partial charge in [0.1, 0.15) is 0 Å². The molecular formula is C12H11BrO3. The molecule has 1 atom stereocenters. The van der Waals surface area contributed by atoms with Gasteiger partial charge in [-0.2, -0.15) is 0 Å². The maximum absolute atomic E-state index is 11.7. The smallest absolute Gasteiger partial charge is 0.306 e. The average Bonchev–Trinajstić information content (AvgIpc) is 2.55. The molecule has 84 valence electrons. The van der Waals surface area contributed by atoms with Gasteiger partial charge in [0.25, 0.3) is 0 Å². The van der Waals surface area contributed by atoms with Crippen molar-refractivity contribution in [2.24, 2.45) is 0 Å². The van der Waals surface area contributed by atoms with Gasteiger partial charge in [0, 0.05) is 22.4 Å². The Morgan fingerprint density at radius 1 is 1.56 bits per heavy atom. The fourth-order valence-corrected chi connectivity index (χ4v) is 2.41. The van der Waals surface area contributed by atoms with E-state index in [-0.39, 0.29) is 24.1 Å². The van der Waals surface area contributed by atoms with Crippen LogP contribution in [0.5, 0.6) is 0 Å². The van der Waals surface area contributed by atoms with Gasteiger partial charge >= 0.3 is 5.97 Å². The van der Waals surface area contributed by atoms with Crippen molar-refractivity contribution in [1.82, 2.24) is 0 Å². The van der Waals surface area contributed by atoms with Gasteiger partial charge in [-0.15, -0.1) is 0 Å².